The van der Waals surface area contributed by atoms with E-state index in [0.717, 1.165) is 11.3 Å². The zero-order chi connectivity index (χ0) is 17.4. The van der Waals surface area contributed by atoms with Crippen LogP contribution < -0.4 is 15.4 Å². The quantitative estimate of drug-likeness (QED) is 0.357. The van der Waals surface area contributed by atoms with Crippen molar-refractivity contribution in [1.82, 2.24) is 15.0 Å². The molecule has 0 atom stereocenters. The molecule has 0 saturated heterocycles. The monoisotopic (exact) mass is 363 g/mol. The summed E-state index contributed by atoms with van der Waals surface area (Å²) >= 11 is 9.96. The average molecular weight is 363 g/mol. The van der Waals surface area contributed by atoms with E-state index in [1.807, 2.05) is 25.2 Å². The summed E-state index contributed by atoms with van der Waals surface area (Å²) in [5.41, 5.74) is 2.00. The van der Waals surface area contributed by atoms with Crippen LogP contribution in [0.2, 0.25) is 0 Å². The van der Waals surface area contributed by atoms with Gasteiger partial charge in [-0.15, -0.1) is 0 Å². The minimum absolute atomic E-state index is 0.207. The predicted molar refractivity (Wildman–Crippen MR) is 98.2 cm³/mol. The van der Waals surface area contributed by atoms with Crippen molar-refractivity contribution < 1.29 is 9.47 Å². The van der Waals surface area contributed by atoms with Crippen molar-refractivity contribution in [2.45, 2.75) is 6.42 Å². The molecule has 2 rings (SSSR count). The Hall–Kier alpha value is -2.57. The molecule has 126 valence electrons. The number of ether oxygens (including phenoxy) is 2. The van der Waals surface area contributed by atoms with Gasteiger partial charge in [0.2, 0.25) is 10.7 Å². The molecule has 1 aromatic heterocycles. The molecule has 2 aromatic rings. The molecular weight excluding hydrogens is 346 g/mol. The fraction of sp³-hybridized carbons (Fsp3) is 0.267. The Kier molecular flexibility index (Phi) is 6.60. The molecular formula is C15H17N5O2S2. The summed E-state index contributed by atoms with van der Waals surface area (Å²) in [6.07, 6.45) is 3.13. The van der Waals surface area contributed by atoms with Gasteiger partial charge in [0, 0.05) is 19.2 Å². The van der Waals surface area contributed by atoms with Gasteiger partial charge < -0.3 is 30.1 Å². The van der Waals surface area contributed by atoms with E-state index < -0.39 is 0 Å². The number of anilines is 2. The molecule has 7 nitrogen and oxygen atoms in total. The van der Waals surface area contributed by atoms with Crippen LogP contribution >= 0.6 is 24.4 Å². The van der Waals surface area contributed by atoms with E-state index in [1.165, 1.54) is 7.11 Å². The van der Waals surface area contributed by atoms with Crippen LogP contribution in [0.15, 0.2) is 18.2 Å². The van der Waals surface area contributed by atoms with Crippen molar-refractivity contribution in [2.75, 3.05) is 31.5 Å². The number of aromatic nitrogens is 3. The van der Waals surface area contributed by atoms with Gasteiger partial charge in [0.1, 0.15) is 11.9 Å². The van der Waals surface area contributed by atoms with E-state index in [1.54, 1.807) is 0 Å². The van der Waals surface area contributed by atoms with Crippen molar-refractivity contribution >= 4 is 36.1 Å². The fourth-order valence-electron chi connectivity index (χ4n) is 1.92. The van der Waals surface area contributed by atoms with E-state index in [0.29, 0.717) is 27.7 Å². The highest BCUT2D eigenvalue weighted by Crippen LogP contribution is 2.22. The second-order valence-electron chi connectivity index (χ2n) is 4.54. The summed E-state index contributed by atoms with van der Waals surface area (Å²) in [6.45, 7) is 0.207. The van der Waals surface area contributed by atoms with Gasteiger partial charge in [0.25, 0.3) is 0 Å². The van der Waals surface area contributed by atoms with E-state index in [-0.39, 0.29) is 6.73 Å². The molecule has 24 heavy (non-hydrogen) atoms. The Morgan fingerprint density at radius 1 is 1.29 bits per heavy atom. The standard InChI is InChI=1S/C15H17N5O2S2/c1-16-12-6-5-11(8-10(12)4-3-7-21-2)22-9-17-13-18-14(23)20-15(24)19-13/h5-6,8,16H,4,9H2,1-2H3,(H3,17,18,19,20,23,24). The third kappa shape index (κ3) is 5.26. The SMILES string of the molecule is CNc1ccc(OCNc2nc(=S)[nH]c(=S)[nH]2)cc1CC#COC. The van der Waals surface area contributed by atoms with Crippen molar-refractivity contribution in [1.29, 1.82) is 0 Å². The van der Waals surface area contributed by atoms with Gasteiger partial charge in [0.15, 0.2) is 11.5 Å². The van der Waals surface area contributed by atoms with Crippen molar-refractivity contribution in [3.8, 4) is 17.8 Å². The van der Waals surface area contributed by atoms with Gasteiger partial charge in [0.05, 0.1) is 7.11 Å². The molecule has 0 aliphatic rings. The minimum atomic E-state index is 0.207. The van der Waals surface area contributed by atoms with E-state index >= 15 is 0 Å². The number of benzene rings is 1. The first kappa shape index (κ1) is 17.8. The van der Waals surface area contributed by atoms with Crippen LogP contribution in [0.25, 0.3) is 0 Å². The summed E-state index contributed by atoms with van der Waals surface area (Å²) < 4.78 is 11.1. The Balaban J connectivity index is 2.02. The molecule has 9 heteroatoms. The first-order valence-electron chi connectivity index (χ1n) is 7.01. The Morgan fingerprint density at radius 3 is 2.83 bits per heavy atom. The van der Waals surface area contributed by atoms with Crippen molar-refractivity contribution in [3.63, 3.8) is 0 Å². The first-order chi connectivity index (χ1) is 11.6. The summed E-state index contributed by atoms with van der Waals surface area (Å²) in [5, 5.41) is 6.09. The lowest BCUT2D eigenvalue weighted by Crippen LogP contribution is -2.12. The van der Waals surface area contributed by atoms with E-state index in [9.17, 15) is 0 Å². The molecule has 0 aliphatic carbocycles. The second kappa shape index (κ2) is 8.90. The summed E-state index contributed by atoms with van der Waals surface area (Å²) in [5.74, 6) is 4.07. The van der Waals surface area contributed by atoms with Crippen LogP contribution in [-0.4, -0.2) is 35.8 Å². The lowest BCUT2D eigenvalue weighted by Gasteiger charge is -2.11. The van der Waals surface area contributed by atoms with Crippen LogP contribution in [0.5, 0.6) is 5.75 Å². The van der Waals surface area contributed by atoms with Gasteiger partial charge in [-0.1, -0.05) is 5.92 Å². The van der Waals surface area contributed by atoms with E-state index in [2.05, 4.69) is 37.6 Å². The summed E-state index contributed by atoms with van der Waals surface area (Å²) in [6, 6.07) is 5.72. The Bertz CT molecular complexity index is 838. The lowest BCUT2D eigenvalue weighted by molar-refractivity contribution is 0.345. The normalized spacial score (nSPS) is 9.58. The molecule has 0 radical (unpaired) electrons. The molecule has 0 unspecified atom stereocenters. The molecule has 0 amide bonds. The second-order valence-corrected chi connectivity index (χ2v) is 5.33. The average Bonchev–Trinajstić information content (AvgIpc) is 2.54. The van der Waals surface area contributed by atoms with Crippen LogP contribution in [0.3, 0.4) is 0 Å². The van der Waals surface area contributed by atoms with Crippen LogP contribution in [-0.2, 0) is 11.2 Å². The molecule has 0 bridgehead atoms. The number of H-pyrrole nitrogens is 2. The van der Waals surface area contributed by atoms with Crippen molar-refractivity contribution in [3.05, 3.63) is 33.3 Å². The molecule has 0 fully saturated rings. The molecule has 1 aromatic carbocycles. The number of nitrogens with one attached hydrogen (secondary N) is 4. The molecule has 0 aliphatic heterocycles. The number of rotatable bonds is 6. The third-order valence-electron chi connectivity index (χ3n) is 2.94. The van der Waals surface area contributed by atoms with Crippen LogP contribution in [0.4, 0.5) is 11.6 Å². The highest BCUT2D eigenvalue weighted by atomic mass is 32.1. The zero-order valence-corrected chi connectivity index (χ0v) is 14.9. The highest BCUT2D eigenvalue weighted by Gasteiger charge is 2.03. The predicted octanol–water partition coefficient (Wildman–Crippen LogP) is 2.84. The van der Waals surface area contributed by atoms with Crippen molar-refractivity contribution in [2.24, 2.45) is 0 Å². The largest absolute Gasteiger partial charge is 0.473 e. The van der Waals surface area contributed by atoms with Gasteiger partial charge in [-0.05, 0) is 48.2 Å². The number of methoxy groups -OCH3 is 1. The first-order valence-corrected chi connectivity index (χ1v) is 7.83. The maximum atomic E-state index is 5.68. The minimum Gasteiger partial charge on any atom is -0.473 e. The number of hydrogen-bond donors (Lipinski definition) is 4. The molecule has 4 N–H and O–H groups in total. The van der Waals surface area contributed by atoms with Crippen LogP contribution in [0.1, 0.15) is 5.56 Å². The van der Waals surface area contributed by atoms with Gasteiger partial charge in [-0.2, -0.15) is 4.98 Å². The maximum absolute atomic E-state index is 5.68. The summed E-state index contributed by atoms with van der Waals surface area (Å²) in [4.78, 5) is 9.63. The maximum Gasteiger partial charge on any atom is 0.207 e. The zero-order valence-electron chi connectivity index (χ0n) is 13.2. The topological polar surface area (TPSA) is 87.0 Å². The van der Waals surface area contributed by atoms with Gasteiger partial charge in [-0.3, -0.25) is 0 Å². The number of hydrogen-bond acceptors (Lipinski definition) is 7. The molecule has 0 saturated carbocycles. The smallest absolute Gasteiger partial charge is 0.207 e. The third-order valence-corrected chi connectivity index (χ3v) is 3.34. The lowest BCUT2D eigenvalue weighted by atomic mass is 10.1. The highest BCUT2D eigenvalue weighted by molar-refractivity contribution is 7.71. The molecule has 0 spiro atoms. The fourth-order valence-corrected chi connectivity index (χ4v) is 2.37. The Labute approximate surface area is 149 Å². The van der Waals surface area contributed by atoms with E-state index in [4.69, 9.17) is 33.9 Å². The molecule has 1 heterocycles. The summed E-state index contributed by atoms with van der Waals surface area (Å²) in [7, 11) is 3.39. The van der Waals surface area contributed by atoms with Gasteiger partial charge in [-0.25, -0.2) is 0 Å². The number of aromatic amines is 2. The van der Waals surface area contributed by atoms with Gasteiger partial charge >= 0.3 is 0 Å². The Morgan fingerprint density at radius 2 is 2.12 bits per heavy atom. The number of nitrogens with zero attached hydrogens (tertiary/aromatic N) is 1. The van der Waals surface area contributed by atoms with Crippen LogP contribution in [0, 0.1) is 21.6 Å².